The molecule has 0 N–H and O–H groups in total. The summed E-state index contributed by atoms with van der Waals surface area (Å²) in [5.74, 6) is 1.23. The van der Waals surface area contributed by atoms with Gasteiger partial charge in [0.2, 0.25) is 0 Å². The lowest BCUT2D eigenvalue weighted by Gasteiger charge is -2.49. The highest BCUT2D eigenvalue weighted by Crippen LogP contribution is 2.65. The Morgan fingerprint density at radius 1 is 0.333 bits per heavy atom. The summed E-state index contributed by atoms with van der Waals surface area (Å²) in [5.41, 5.74) is 0. The van der Waals surface area contributed by atoms with Crippen LogP contribution < -0.4 is 21.2 Å². The molecule has 0 spiro atoms. The Balaban J connectivity index is 2.52. The van der Waals surface area contributed by atoms with E-state index < -0.39 is 46.1 Å². The first kappa shape index (κ1) is 36.2. The summed E-state index contributed by atoms with van der Waals surface area (Å²) >= 11 is 0. The van der Waals surface area contributed by atoms with Crippen molar-refractivity contribution in [3.8, 4) is 0 Å². The predicted molar refractivity (Wildman–Crippen MR) is 226 cm³/mol. The van der Waals surface area contributed by atoms with E-state index in [9.17, 15) is 0 Å². The molecule has 0 saturated heterocycles. The van der Waals surface area contributed by atoms with E-state index in [0.717, 1.165) is 0 Å². The summed E-state index contributed by atoms with van der Waals surface area (Å²) in [5, 5.41) is 6.38. The number of hydrogen-bond acceptors (Lipinski definition) is 0. The smallest absolute Gasteiger partial charge is 0.0691 e. The van der Waals surface area contributed by atoms with Crippen LogP contribution in [-0.2, 0) is 0 Å². The summed E-state index contributed by atoms with van der Waals surface area (Å²) in [6.07, 6.45) is 0. The van der Waals surface area contributed by atoms with Gasteiger partial charge < -0.3 is 0 Å². The van der Waals surface area contributed by atoms with E-state index in [1.165, 1.54) is 5.90 Å². The van der Waals surface area contributed by atoms with Crippen LogP contribution in [0.25, 0.3) is 0 Å². The molecule has 4 aromatic carbocycles. The van der Waals surface area contributed by atoms with Gasteiger partial charge in [0.15, 0.2) is 0 Å². The largest absolute Gasteiger partial charge is 0.0848 e. The van der Waals surface area contributed by atoms with Crippen LogP contribution >= 0.6 is 13.8 Å². The minimum atomic E-state index is -2.09. The molecule has 0 aliphatic rings. The van der Waals surface area contributed by atoms with Gasteiger partial charge >= 0.3 is 0 Å². The summed E-state index contributed by atoms with van der Waals surface area (Å²) < 4.78 is 4.00. The monoisotopic (exact) mass is 700 g/mol. The molecule has 4 rings (SSSR count). The Morgan fingerprint density at radius 2 is 0.511 bits per heavy atom. The minimum absolute atomic E-state index is 1.23. The normalized spacial score (nSPS) is 13.4. The summed E-state index contributed by atoms with van der Waals surface area (Å²) in [7, 11) is -7.17. The van der Waals surface area contributed by atoms with Crippen LogP contribution in [0.4, 0.5) is 0 Å². The number of rotatable bonds is 10. The van der Waals surface area contributed by atoms with Gasteiger partial charge in [-0.05, 0) is 21.2 Å². The lowest BCUT2D eigenvalue weighted by molar-refractivity contribution is 1.72. The first-order valence-electron chi connectivity index (χ1n) is 16.6. The van der Waals surface area contributed by atoms with E-state index in [1.807, 2.05) is 9.08 Å². The first-order valence-corrected chi connectivity index (χ1v) is 34.6. The molecule has 0 unspecified atom stereocenters. The molecule has 4 aromatic rings. The minimum Gasteiger partial charge on any atom is -0.0848 e. The van der Waals surface area contributed by atoms with Crippen LogP contribution in [0.15, 0.2) is 121 Å². The van der Waals surface area contributed by atoms with Gasteiger partial charge in [-0.3, -0.25) is 0 Å². The topological polar surface area (TPSA) is 0 Å². The molecule has 0 amide bonds. The first-order chi connectivity index (χ1) is 20.9. The standard InChI is InChI=1S/C39H58P2Si4/c1-42(2,3)38(43(4,5)6)40(34-25-17-13-18-26-34,35-27-19-14-20-28-35)33-41(36-29-21-15-22-30-36,37-31-23-16-24-32-37)39(44(7,8)9)45(10,11)12/h13-32H,33H2,1-12H3. The zero-order valence-corrected chi connectivity index (χ0v) is 35.9. The third-order valence-corrected chi connectivity index (χ3v) is 45.8. The molecule has 0 fully saturated rings. The van der Waals surface area contributed by atoms with Crippen LogP contribution in [-0.4, -0.2) is 47.3 Å². The second-order valence-corrected chi connectivity index (χ2v) is 46.8. The SMILES string of the molecule is C[Si](C)(C)C([Si](C)(C)C)=P(CP(=C([Si](C)(C)C)[Si](C)(C)C)(c1ccccc1)c1ccccc1)(c1ccccc1)c1ccccc1. The van der Waals surface area contributed by atoms with Gasteiger partial charge in [-0.25, -0.2) is 0 Å². The summed E-state index contributed by atoms with van der Waals surface area (Å²) in [4.78, 5) is 0. The predicted octanol–water partition coefficient (Wildman–Crippen LogP) is 10.1. The van der Waals surface area contributed by atoms with Gasteiger partial charge in [-0.2, -0.15) is 0 Å². The van der Waals surface area contributed by atoms with Crippen LogP contribution in [0.2, 0.25) is 78.6 Å². The van der Waals surface area contributed by atoms with E-state index in [2.05, 4.69) is 200 Å². The fraction of sp³-hybridized carbons (Fsp3) is 0.333. The van der Waals surface area contributed by atoms with E-state index in [-0.39, 0.29) is 0 Å². The zero-order valence-electron chi connectivity index (χ0n) is 30.1. The molecule has 0 bridgehead atoms. The number of hydrogen-bond donors (Lipinski definition) is 0. The van der Waals surface area contributed by atoms with Crippen LogP contribution in [0.5, 0.6) is 0 Å². The molecule has 0 heterocycles. The fourth-order valence-corrected chi connectivity index (χ4v) is 61.5. The van der Waals surface area contributed by atoms with Crippen molar-refractivity contribution < 1.29 is 0 Å². The molecule has 0 radical (unpaired) electrons. The van der Waals surface area contributed by atoms with Crippen molar-refractivity contribution >= 4 is 76.4 Å². The summed E-state index contributed by atoms with van der Waals surface area (Å²) in [6, 6.07) is 47.7. The average molecular weight is 701 g/mol. The Labute approximate surface area is 280 Å². The Bertz CT molecular complexity index is 1440. The van der Waals surface area contributed by atoms with Gasteiger partial charge in [0, 0.05) is 5.90 Å². The van der Waals surface area contributed by atoms with E-state index in [1.54, 1.807) is 21.2 Å². The second-order valence-electron chi connectivity index (χ2n) is 16.8. The number of benzene rings is 4. The molecule has 0 aliphatic carbocycles. The lowest BCUT2D eigenvalue weighted by atomic mass is 10.4. The highest BCUT2D eigenvalue weighted by molar-refractivity contribution is 8.09. The fourth-order valence-electron chi connectivity index (χ4n) is 8.87. The maximum Gasteiger partial charge on any atom is 0.0691 e. The molecule has 6 heteroatoms. The van der Waals surface area contributed by atoms with Crippen LogP contribution in [0.3, 0.4) is 0 Å². The molecular weight excluding hydrogens is 643 g/mol. The van der Waals surface area contributed by atoms with Crippen molar-refractivity contribution in [2.75, 3.05) is 5.90 Å². The van der Waals surface area contributed by atoms with E-state index in [4.69, 9.17) is 0 Å². The van der Waals surface area contributed by atoms with Crippen molar-refractivity contribution in [1.29, 1.82) is 0 Å². The lowest BCUT2D eigenvalue weighted by Crippen LogP contribution is -2.55. The highest BCUT2D eigenvalue weighted by Gasteiger charge is 2.47. The molecule has 0 aromatic heterocycles. The highest BCUT2D eigenvalue weighted by atomic mass is 31.2. The second kappa shape index (κ2) is 13.5. The molecule has 45 heavy (non-hydrogen) atoms. The summed E-state index contributed by atoms with van der Waals surface area (Å²) in [6.45, 7) is 27.8. The molecule has 0 nitrogen and oxygen atoms in total. The van der Waals surface area contributed by atoms with Crippen LogP contribution in [0, 0.1) is 0 Å². The molecule has 240 valence electrons. The van der Waals surface area contributed by atoms with Crippen molar-refractivity contribution in [2.45, 2.75) is 78.6 Å². The maximum absolute atomic E-state index is 2.66. The van der Waals surface area contributed by atoms with Crippen molar-refractivity contribution in [1.82, 2.24) is 0 Å². The van der Waals surface area contributed by atoms with Gasteiger partial charge in [0.25, 0.3) is 0 Å². The van der Waals surface area contributed by atoms with Gasteiger partial charge in [0.1, 0.15) is 0 Å². The van der Waals surface area contributed by atoms with Gasteiger partial charge in [-0.1, -0.05) is 223 Å². The van der Waals surface area contributed by atoms with Crippen molar-refractivity contribution in [3.05, 3.63) is 121 Å². The van der Waals surface area contributed by atoms with Crippen LogP contribution in [0.1, 0.15) is 0 Å². The molecule has 0 saturated carbocycles. The Kier molecular flexibility index (Phi) is 10.8. The Morgan fingerprint density at radius 3 is 0.667 bits per heavy atom. The molecule has 0 atom stereocenters. The average Bonchev–Trinajstić information content (AvgIpc) is 2.95. The molecular formula is C39H58P2Si4. The van der Waals surface area contributed by atoms with Crippen molar-refractivity contribution in [2.24, 2.45) is 0 Å². The van der Waals surface area contributed by atoms with Gasteiger partial charge in [0.05, 0.1) is 32.3 Å². The van der Waals surface area contributed by atoms with E-state index >= 15 is 0 Å². The van der Waals surface area contributed by atoms with E-state index in [0.29, 0.717) is 0 Å². The molecule has 0 aliphatic heterocycles. The zero-order chi connectivity index (χ0) is 33.3. The third kappa shape index (κ3) is 7.43. The third-order valence-electron chi connectivity index (χ3n) is 8.82. The van der Waals surface area contributed by atoms with Crippen molar-refractivity contribution in [3.63, 3.8) is 0 Å². The van der Waals surface area contributed by atoms with Gasteiger partial charge in [-0.15, -0.1) is 0 Å². The quantitative estimate of drug-likeness (QED) is 0.114. The Hall–Kier alpha value is -1.65. The maximum atomic E-state index is 2.66.